The predicted molar refractivity (Wildman–Crippen MR) is 63.3 cm³/mol. The van der Waals surface area contributed by atoms with Gasteiger partial charge < -0.3 is 10.1 Å². The molecule has 2 heteroatoms. The van der Waals surface area contributed by atoms with E-state index in [4.69, 9.17) is 4.74 Å². The molecule has 1 aromatic rings. The minimum absolute atomic E-state index is 0.702. The second kappa shape index (κ2) is 5.17. The largest absolute Gasteiger partial charge is 0.384 e. The van der Waals surface area contributed by atoms with E-state index in [-0.39, 0.29) is 0 Å². The van der Waals surface area contributed by atoms with Gasteiger partial charge in [-0.25, -0.2) is 0 Å². The number of nitrogens with one attached hydrogen (secondary N) is 1. The highest BCUT2D eigenvalue weighted by molar-refractivity contribution is 5.52. The first-order valence-corrected chi connectivity index (χ1v) is 5.73. The topological polar surface area (TPSA) is 21.3 Å². The molecule has 1 N–H and O–H groups in total. The summed E-state index contributed by atoms with van der Waals surface area (Å²) in [4.78, 5) is 0. The molecule has 0 saturated heterocycles. The summed E-state index contributed by atoms with van der Waals surface area (Å²) in [6.45, 7) is 0.795. The van der Waals surface area contributed by atoms with Gasteiger partial charge in [0, 0.05) is 18.8 Å². The second-order valence-corrected chi connectivity index (χ2v) is 4.17. The van der Waals surface area contributed by atoms with Gasteiger partial charge in [0.15, 0.2) is 0 Å². The fourth-order valence-electron chi connectivity index (χ4n) is 1.86. The van der Waals surface area contributed by atoms with Crippen LogP contribution >= 0.6 is 0 Å². The van der Waals surface area contributed by atoms with Gasteiger partial charge in [-0.3, -0.25) is 0 Å². The van der Waals surface area contributed by atoms with Gasteiger partial charge in [-0.15, -0.1) is 0 Å². The van der Waals surface area contributed by atoms with Gasteiger partial charge in [-0.1, -0.05) is 18.2 Å². The molecule has 0 atom stereocenters. The molecule has 2 nitrogen and oxygen atoms in total. The van der Waals surface area contributed by atoms with E-state index < -0.39 is 0 Å². The van der Waals surface area contributed by atoms with Crippen LogP contribution in [0, 0.1) is 0 Å². The highest BCUT2D eigenvalue weighted by atomic mass is 16.5. The lowest BCUT2D eigenvalue weighted by Gasteiger charge is -2.28. The lowest BCUT2D eigenvalue weighted by atomic mass is 9.92. The Bertz CT molecular complexity index is 307. The molecule has 0 aliphatic heterocycles. The molecular weight excluding hydrogens is 186 g/mol. The minimum Gasteiger partial charge on any atom is -0.384 e. The van der Waals surface area contributed by atoms with Gasteiger partial charge in [0.2, 0.25) is 0 Å². The summed E-state index contributed by atoms with van der Waals surface area (Å²) in [7, 11) is 1.75. The molecule has 0 spiro atoms. The maximum absolute atomic E-state index is 5.12. The zero-order chi connectivity index (χ0) is 10.5. The van der Waals surface area contributed by atoms with Gasteiger partial charge in [-0.2, -0.15) is 0 Å². The molecule has 15 heavy (non-hydrogen) atoms. The van der Waals surface area contributed by atoms with Crippen molar-refractivity contribution in [3.8, 4) is 0 Å². The van der Waals surface area contributed by atoms with Crippen molar-refractivity contribution < 1.29 is 4.74 Å². The predicted octanol–water partition coefficient (Wildman–Crippen LogP) is 2.84. The second-order valence-electron chi connectivity index (χ2n) is 4.17. The summed E-state index contributed by atoms with van der Waals surface area (Å²) in [5.41, 5.74) is 2.66. The number of methoxy groups -OCH3 is 1. The molecule has 0 bridgehead atoms. The number of hydrogen-bond acceptors (Lipinski definition) is 2. The van der Waals surface area contributed by atoms with Crippen molar-refractivity contribution in [2.24, 2.45) is 0 Å². The summed E-state index contributed by atoms with van der Waals surface area (Å²) < 4.78 is 5.12. The van der Waals surface area contributed by atoms with E-state index in [2.05, 4.69) is 29.6 Å². The molecule has 1 aliphatic rings. The zero-order valence-corrected chi connectivity index (χ0v) is 9.33. The third-order valence-corrected chi connectivity index (χ3v) is 3.06. The fraction of sp³-hybridized carbons (Fsp3) is 0.538. The number of anilines is 1. The van der Waals surface area contributed by atoms with Gasteiger partial charge in [0.1, 0.15) is 0 Å². The minimum atomic E-state index is 0.702. The highest BCUT2D eigenvalue weighted by Crippen LogP contribution is 2.25. The van der Waals surface area contributed by atoms with E-state index in [9.17, 15) is 0 Å². The first-order chi connectivity index (χ1) is 7.40. The Labute approximate surface area is 91.6 Å². The average Bonchev–Trinajstić information content (AvgIpc) is 2.22. The number of benzene rings is 1. The van der Waals surface area contributed by atoms with Crippen LogP contribution in [0.2, 0.25) is 0 Å². The third kappa shape index (κ3) is 2.72. The first kappa shape index (κ1) is 10.5. The van der Waals surface area contributed by atoms with E-state index in [0.717, 1.165) is 13.0 Å². The van der Waals surface area contributed by atoms with Crippen molar-refractivity contribution in [1.82, 2.24) is 0 Å². The monoisotopic (exact) mass is 205 g/mol. The molecule has 1 aliphatic carbocycles. The summed E-state index contributed by atoms with van der Waals surface area (Å²) in [6, 6.07) is 9.24. The third-order valence-electron chi connectivity index (χ3n) is 3.06. The van der Waals surface area contributed by atoms with Crippen LogP contribution in [-0.4, -0.2) is 19.8 Å². The van der Waals surface area contributed by atoms with Crippen molar-refractivity contribution in [3.63, 3.8) is 0 Å². The molecule has 1 aromatic carbocycles. The lowest BCUT2D eigenvalue weighted by Crippen LogP contribution is -2.27. The summed E-state index contributed by atoms with van der Waals surface area (Å²) in [6.07, 6.45) is 5.00. The molecule has 0 unspecified atom stereocenters. The Kier molecular flexibility index (Phi) is 3.62. The van der Waals surface area contributed by atoms with Crippen molar-refractivity contribution in [2.45, 2.75) is 31.7 Å². The molecular formula is C13H19NO. The number of rotatable bonds is 5. The standard InChI is InChI=1S/C13H19NO/c1-15-10-9-11-5-2-3-8-13(11)14-12-6-4-7-12/h2-3,5,8,12,14H,4,6-7,9-10H2,1H3. The molecule has 82 valence electrons. The maximum atomic E-state index is 5.12. The van der Waals surface area contributed by atoms with Crippen molar-refractivity contribution >= 4 is 5.69 Å². The molecule has 0 radical (unpaired) electrons. The van der Waals surface area contributed by atoms with E-state index >= 15 is 0 Å². The van der Waals surface area contributed by atoms with Crippen LogP contribution in [0.5, 0.6) is 0 Å². The fourth-order valence-corrected chi connectivity index (χ4v) is 1.86. The smallest absolute Gasteiger partial charge is 0.0503 e. The molecule has 0 heterocycles. The SMILES string of the molecule is COCCc1ccccc1NC1CCC1. The van der Waals surface area contributed by atoms with Gasteiger partial charge >= 0.3 is 0 Å². The van der Waals surface area contributed by atoms with Crippen LogP contribution in [0.4, 0.5) is 5.69 Å². The van der Waals surface area contributed by atoms with E-state index in [0.29, 0.717) is 6.04 Å². The maximum Gasteiger partial charge on any atom is 0.0503 e. The Morgan fingerprint density at radius 2 is 2.13 bits per heavy atom. The van der Waals surface area contributed by atoms with Crippen LogP contribution in [0.25, 0.3) is 0 Å². The van der Waals surface area contributed by atoms with E-state index in [1.807, 2.05) is 0 Å². The van der Waals surface area contributed by atoms with Crippen LogP contribution < -0.4 is 5.32 Å². The van der Waals surface area contributed by atoms with E-state index in [1.165, 1.54) is 30.5 Å². The Morgan fingerprint density at radius 1 is 1.33 bits per heavy atom. The molecule has 1 fully saturated rings. The van der Waals surface area contributed by atoms with Crippen LogP contribution in [0.1, 0.15) is 24.8 Å². The molecule has 1 saturated carbocycles. The Morgan fingerprint density at radius 3 is 2.80 bits per heavy atom. The van der Waals surface area contributed by atoms with Crippen LogP contribution in [-0.2, 0) is 11.2 Å². The molecule has 0 aromatic heterocycles. The normalized spacial score (nSPS) is 16.1. The zero-order valence-electron chi connectivity index (χ0n) is 9.33. The summed E-state index contributed by atoms with van der Waals surface area (Å²) in [5, 5.41) is 3.60. The van der Waals surface area contributed by atoms with Gasteiger partial charge in [0.25, 0.3) is 0 Å². The number of para-hydroxylation sites is 1. The lowest BCUT2D eigenvalue weighted by molar-refractivity contribution is 0.202. The summed E-state index contributed by atoms with van der Waals surface area (Å²) in [5.74, 6) is 0. The number of ether oxygens (including phenoxy) is 1. The van der Waals surface area contributed by atoms with Gasteiger partial charge in [0.05, 0.1) is 6.61 Å². The van der Waals surface area contributed by atoms with Crippen molar-refractivity contribution in [2.75, 3.05) is 19.0 Å². The summed E-state index contributed by atoms with van der Waals surface area (Å²) >= 11 is 0. The molecule has 0 amide bonds. The Hall–Kier alpha value is -1.02. The van der Waals surface area contributed by atoms with Gasteiger partial charge in [-0.05, 0) is 37.3 Å². The average molecular weight is 205 g/mol. The quantitative estimate of drug-likeness (QED) is 0.798. The van der Waals surface area contributed by atoms with Crippen molar-refractivity contribution in [3.05, 3.63) is 29.8 Å². The Balaban J connectivity index is 1.99. The van der Waals surface area contributed by atoms with Crippen LogP contribution in [0.3, 0.4) is 0 Å². The number of hydrogen-bond donors (Lipinski definition) is 1. The van der Waals surface area contributed by atoms with E-state index in [1.54, 1.807) is 7.11 Å². The van der Waals surface area contributed by atoms with Crippen molar-refractivity contribution in [1.29, 1.82) is 0 Å². The van der Waals surface area contributed by atoms with Crippen LogP contribution in [0.15, 0.2) is 24.3 Å². The highest BCUT2D eigenvalue weighted by Gasteiger charge is 2.17. The molecule has 2 rings (SSSR count). The first-order valence-electron chi connectivity index (χ1n) is 5.73.